The van der Waals surface area contributed by atoms with Crippen molar-refractivity contribution in [1.29, 1.82) is 0 Å². The van der Waals surface area contributed by atoms with Crippen molar-refractivity contribution in [3.8, 4) is 10.6 Å². The zero-order valence-corrected chi connectivity index (χ0v) is 15.8. The molecule has 0 saturated carbocycles. The molecule has 4 nitrogen and oxygen atoms in total. The largest absolute Gasteiger partial charge is 0.393 e. The van der Waals surface area contributed by atoms with E-state index in [-0.39, 0.29) is 17.9 Å². The molecule has 1 aromatic carbocycles. The van der Waals surface area contributed by atoms with Crippen LogP contribution in [0, 0.1) is 26.7 Å². The Labute approximate surface area is 148 Å². The summed E-state index contributed by atoms with van der Waals surface area (Å²) in [6.45, 7) is 10.3. The summed E-state index contributed by atoms with van der Waals surface area (Å²) < 4.78 is 0. The lowest BCUT2D eigenvalue weighted by Crippen LogP contribution is -2.29. The molecular weight excluding hydrogens is 320 g/mol. The van der Waals surface area contributed by atoms with Gasteiger partial charge in [-0.3, -0.25) is 4.79 Å². The number of thiazole rings is 1. The summed E-state index contributed by atoms with van der Waals surface area (Å²) in [6, 6.07) is 6.26. The Bertz CT molecular complexity index is 722. The van der Waals surface area contributed by atoms with E-state index in [4.69, 9.17) is 0 Å². The van der Waals surface area contributed by atoms with Crippen LogP contribution in [0.2, 0.25) is 0 Å². The Morgan fingerprint density at radius 2 is 2.00 bits per heavy atom. The van der Waals surface area contributed by atoms with Crippen LogP contribution in [0.4, 0.5) is 0 Å². The highest BCUT2D eigenvalue weighted by Gasteiger charge is 2.18. The summed E-state index contributed by atoms with van der Waals surface area (Å²) in [6.07, 6.45) is 0.327. The van der Waals surface area contributed by atoms with E-state index < -0.39 is 0 Å². The van der Waals surface area contributed by atoms with Crippen LogP contribution in [0.5, 0.6) is 0 Å². The van der Waals surface area contributed by atoms with Gasteiger partial charge in [0, 0.05) is 12.1 Å². The van der Waals surface area contributed by atoms with E-state index in [9.17, 15) is 9.90 Å². The molecule has 1 amide bonds. The van der Waals surface area contributed by atoms with Crippen LogP contribution in [-0.2, 0) is 0 Å². The van der Waals surface area contributed by atoms with Crippen molar-refractivity contribution in [2.75, 3.05) is 6.54 Å². The number of amides is 1. The summed E-state index contributed by atoms with van der Waals surface area (Å²) in [7, 11) is 0. The first-order chi connectivity index (χ1) is 11.3. The van der Waals surface area contributed by atoms with Gasteiger partial charge in [0.2, 0.25) is 0 Å². The molecule has 1 aromatic heterocycles. The minimum absolute atomic E-state index is 0.0848. The van der Waals surface area contributed by atoms with Gasteiger partial charge in [0.25, 0.3) is 5.91 Å². The monoisotopic (exact) mass is 346 g/mol. The second-order valence-electron chi connectivity index (χ2n) is 6.65. The fraction of sp³-hybridized carbons (Fsp3) is 0.474. The third-order valence-corrected chi connectivity index (χ3v) is 5.16. The molecule has 0 saturated heterocycles. The molecule has 0 aliphatic heterocycles. The lowest BCUT2D eigenvalue weighted by atomic mass is 10.0. The number of hydrogen-bond acceptors (Lipinski definition) is 4. The third kappa shape index (κ3) is 4.65. The number of aryl methyl sites for hydroxylation is 3. The maximum absolute atomic E-state index is 12.4. The standard InChI is InChI=1S/C19H26N2O2S/c1-11-6-7-16(13(3)8-11)19-21-15(5)17(24-19)18(23)20-10-12(2)9-14(4)22/h6-8,12,14,22H,9-10H2,1-5H3,(H,20,23). The Balaban J connectivity index is 2.12. The Morgan fingerprint density at radius 1 is 1.29 bits per heavy atom. The SMILES string of the molecule is Cc1ccc(-c2nc(C)c(C(=O)NCC(C)CC(C)O)s2)c(C)c1. The number of aliphatic hydroxyl groups excluding tert-OH is 1. The first kappa shape index (κ1) is 18.6. The fourth-order valence-electron chi connectivity index (χ4n) is 2.79. The van der Waals surface area contributed by atoms with E-state index in [1.54, 1.807) is 6.92 Å². The van der Waals surface area contributed by atoms with Gasteiger partial charge in [-0.2, -0.15) is 0 Å². The van der Waals surface area contributed by atoms with Crippen LogP contribution in [0.25, 0.3) is 10.6 Å². The van der Waals surface area contributed by atoms with Gasteiger partial charge in [-0.25, -0.2) is 4.98 Å². The maximum atomic E-state index is 12.4. The number of aliphatic hydroxyl groups is 1. The van der Waals surface area contributed by atoms with E-state index in [0.29, 0.717) is 17.8 Å². The van der Waals surface area contributed by atoms with Crippen LogP contribution >= 0.6 is 11.3 Å². The van der Waals surface area contributed by atoms with Crippen molar-refractivity contribution < 1.29 is 9.90 Å². The molecule has 0 aliphatic carbocycles. The number of carbonyl (C=O) groups excluding carboxylic acids is 1. The molecule has 2 N–H and O–H groups in total. The van der Waals surface area contributed by atoms with Gasteiger partial charge < -0.3 is 10.4 Å². The maximum Gasteiger partial charge on any atom is 0.263 e. The van der Waals surface area contributed by atoms with Gasteiger partial charge in [-0.1, -0.05) is 30.7 Å². The topological polar surface area (TPSA) is 62.2 Å². The van der Waals surface area contributed by atoms with Crippen LogP contribution in [0.15, 0.2) is 18.2 Å². The number of carbonyl (C=O) groups is 1. The number of rotatable bonds is 6. The number of nitrogens with zero attached hydrogens (tertiary/aromatic N) is 1. The quantitative estimate of drug-likeness (QED) is 0.834. The molecule has 2 rings (SSSR count). The van der Waals surface area contributed by atoms with E-state index >= 15 is 0 Å². The molecule has 5 heteroatoms. The first-order valence-corrected chi connectivity index (χ1v) is 9.11. The second kappa shape index (κ2) is 7.90. The van der Waals surface area contributed by atoms with Crippen molar-refractivity contribution >= 4 is 17.2 Å². The van der Waals surface area contributed by atoms with Gasteiger partial charge in [0.15, 0.2) is 0 Å². The fourth-order valence-corrected chi connectivity index (χ4v) is 3.86. The van der Waals surface area contributed by atoms with Gasteiger partial charge in [-0.15, -0.1) is 11.3 Å². The molecule has 2 aromatic rings. The lowest BCUT2D eigenvalue weighted by Gasteiger charge is -2.13. The van der Waals surface area contributed by atoms with E-state index in [0.717, 1.165) is 16.3 Å². The number of nitrogens with one attached hydrogen (secondary N) is 1. The van der Waals surface area contributed by atoms with Crippen LogP contribution in [-0.4, -0.2) is 28.6 Å². The Morgan fingerprint density at radius 3 is 2.62 bits per heavy atom. The molecule has 1 heterocycles. The Hall–Kier alpha value is -1.72. The molecular formula is C19H26N2O2S. The zero-order valence-electron chi connectivity index (χ0n) is 15.0. The molecule has 0 spiro atoms. The molecule has 0 fully saturated rings. The molecule has 2 atom stereocenters. The zero-order chi connectivity index (χ0) is 17.9. The minimum atomic E-state index is -0.349. The number of benzene rings is 1. The summed E-state index contributed by atoms with van der Waals surface area (Å²) in [5.41, 5.74) is 4.22. The van der Waals surface area contributed by atoms with Gasteiger partial charge in [0.05, 0.1) is 11.8 Å². The van der Waals surface area contributed by atoms with Crippen LogP contribution < -0.4 is 5.32 Å². The molecule has 0 bridgehead atoms. The lowest BCUT2D eigenvalue weighted by molar-refractivity contribution is 0.0942. The highest BCUT2D eigenvalue weighted by molar-refractivity contribution is 7.17. The van der Waals surface area contributed by atoms with Gasteiger partial charge in [0.1, 0.15) is 9.88 Å². The summed E-state index contributed by atoms with van der Waals surface area (Å²) in [5, 5.41) is 13.2. The highest BCUT2D eigenvalue weighted by Crippen LogP contribution is 2.30. The molecule has 130 valence electrons. The van der Waals surface area contributed by atoms with Crippen molar-refractivity contribution in [3.05, 3.63) is 39.9 Å². The number of hydrogen-bond donors (Lipinski definition) is 2. The smallest absolute Gasteiger partial charge is 0.263 e. The van der Waals surface area contributed by atoms with Crippen molar-refractivity contribution in [3.63, 3.8) is 0 Å². The van der Waals surface area contributed by atoms with Gasteiger partial charge in [-0.05, 0) is 45.6 Å². The van der Waals surface area contributed by atoms with Crippen LogP contribution in [0.3, 0.4) is 0 Å². The van der Waals surface area contributed by atoms with Crippen molar-refractivity contribution in [2.45, 2.75) is 47.1 Å². The molecule has 24 heavy (non-hydrogen) atoms. The van der Waals surface area contributed by atoms with Crippen molar-refractivity contribution in [1.82, 2.24) is 10.3 Å². The average molecular weight is 346 g/mol. The average Bonchev–Trinajstić information content (AvgIpc) is 2.85. The molecule has 2 unspecified atom stereocenters. The summed E-state index contributed by atoms with van der Waals surface area (Å²) in [5.74, 6) is 0.152. The van der Waals surface area contributed by atoms with Crippen LogP contribution in [0.1, 0.15) is 46.8 Å². The normalized spacial score (nSPS) is 13.6. The van der Waals surface area contributed by atoms with E-state index in [2.05, 4.69) is 42.3 Å². The second-order valence-corrected chi connectivity index (χ2v) is 7.65. The molecule has 0 radical (unpaired) electrons. The Kier molecular flexibility index (Phi) is 6.13. The first-order valence-electron chi connectivity index (χ1n) is 8.29. The van der Waals surface area contributed by atoms with E-state index in [1.165, 1.54) is 22.5 Å². The predicted molar refractivity (Wildman–Crippen MR) is 99.6 cm³/mol. The third-order valence-electron chi connectivity index (χ3n) is 3.97. The van der Waals surface area contributed by atoms with Gasteiger partial charge >= 0.3 is 0 Å². The number of aromatic nitrogens is 1. The van der Waals surface area contributed by atoms with Crippen molar-refractivity contribution in [2.24, 2.45) is 5.92 Å². The minimum Gasteiger partial charge on any atom is -0.393 e. The predicted octanol–water partition coefficient (Wildman–Crippen LogP) is 3.87. The highest BCUT2D eigenvalue weighted by atomic mass is 32.1. The summed E-state index contributed by atoms with van der Waals surface area (Å²) >= 11 is 1.43. The van der Waals surface area contributed by atoms with E-state index in [1.807, 2.05) is 13.8 Å². The summed E-state index contributed by atoms with van der Waals surface area (Å²) in [4.78, 5) is 17.7. The molecule has 0 aliphatic rings.